The molecular weight excluding hydrogens is 128 g/mol. The SMILES string of the molecule is [2H]c1ccnc2c(N)cnn12. The molecule has 0 aliphatic heterocycles. The minimum absolute atomic E-state index is 0.284. The second-order valence-electron chi connectivity index (χ2n) is 1.91. The number of aromatic nitrogens is 3. The summed E-state index contributed by atoms with van der Waals surface area (Å²) in [4.78, 5) is 3.96. The van der Waals surface area contributed by atoms with E-state index in [-0.39, 0.29) is 6.17 Å². The Morgan fingerprint density at radius 1 is 1.70 bits per heavy atom. The van der Waals surface area contributed by atoms with Crippen LogP contribution in [0.5, 0.6) is 0 Å². The van der Waals surface area contributed by atoms with Crippen molar-refractivity contribution in [2.45, 2.75) is 0 Å². The molecule has 0 aliphatic carbocycles. The van der Waals surface area contributed by atoms with Crippen LogP contribution >= 0.6 is 0 Å². The Morgan fingerprint density at radius 3 is 3.40 bits per heavy atom. The summed E-state index contributed by atoms with van der Waals surface area (Å²) in [6.07, 6.45) is 3.31. The van der Waals surface area contributed by atoms with E-state index in [1.54, 1.807) is 6.07 Å². The monoisotopic (exact) mass is 135 g/mol. The van der Waals surface area contributed by atoms with Gasteiger partial charge in [-0.15, -0.1) is 0 Å². The summed E-state index contributed by atoms with van der Waals surface area (Å²) < 4.78 is 8.77. The van der Waals surface area contributed by atoms with Gasteiger partial charge in [-0.3, -0.25) is 0 Å². The first kappa shape index (κ1) is 4.27. The summed E-state index contributed by atoms with van der Waals surface area (Å²) >= 11 is 0. The Balaban J connectivity index is 2.94. The molecule has 10 heavy (non-hydrogen) atoms. The van der Waals surface area contributed by atoms with Crippen molar-refractivity contribution < 1.29 is 1.37 Å². The maximum Gasteiger partial charge on any atom is 0.178 e. The van der Waals surface area contributed by atoms with E-state index >= 15 is 0 Å². The van der Waals surface area contributed by atoms with Crippen molar-refractivity contribution in [2.24, 2.45) is 0 Å². The highest BCUT2D eigenvalue weighted by Gasteiger charge is 1.96. The average Bonchev–Trinajstić information content (AvgIpc) is 2.35. The Morgan fingerprint density at radius 2 is 2.60 bits per heavy atom. The van der Waals surface area contributed by atoms with E-state index in [0.29, 0.717) is 11.3 Å². The summed E-state index contributed by atoms with van der Waals surface area (Å²) in [6.45, 7) is 0. The normalized spacial score (nSPS) is 11.8. The predicted octanol–water partition coefficient (Wildman–Crippen LogP) is 0.311. The summed E-state index contributed by atoms with van der Waals surface area (Å²) in [7, 11) is 0. The third-order valence-corrected chi connectivity index (χ3v) is 1.24. The highest BCUT2D eigenvalue weighted by molar-refractivity contribution is 5.62. The smallest absolute Gasteiger partial charge is 0.178 e. The van der Waals surface area contributed by atoms with Gasteiger partial charge in [-0.25, -0.2) is 9.50 Å². The summed E-state index contributed by atoms with van der Waals surface area (Å²) in [5.74, 6) is 0. The van der Waals surface area contributed by atoms with E-state index in [1.807, 2.05) is 0 Å². The number of hydrogen-bond acceptors (Lipinski definition) is 3. The van der Waals surface area contributed by atoms with Crippen LogP contribution < -0.4 is 5.73 Å². The molecule has 50 valence electrons. The molecule has 2 aromatic rings. The first-order valence-electron chi connectivity index (χ1n) is 3.34. The van der Waals surface area contributed by atoms with Gasteiger partial charge in [0.2, 0.25) is 0 Å². The molecule has 4 heteroatoms. The lowest BCUT2D eigenvalue weighted by Gasteiger charge is -1.88. The van der Waals surface area contributed by atoms with Crippen molar-refractivity contribution in [1.82, 2.24) is 14.6 Å². The number of nitrogens with two attached hydrogens (primary N) is 1. The molecule has 0 radical (unpaired) electrons. The van der Waals surface area contributed by atoms with Crippen LogP contribution in [0.25, 0.3) is 5.65 Å². The number of fused-ring (bicyclic) bond motifs is 1. The minimum Gasteiger partial charge on any atom is -0.394 e. The van der Waals surface area contributed by atoms with Crippen LogP contribution in [-0.4, -0.2) is 14.6 Å². The second-order valence-corrected chi connectivity index (χ2v) is 1.91. The lowest BCUT2D eigenvalue weighted by Crippen LogP contribution is -1.89. The Kier molecular flexibility index (Phi) is 0.725. The van der Waals surface area contributed by atoms with Crippen molar-refractivity contribution in [3.63, 3.8) is 0 Å². The van der Waals surface area contributed by atoms with Crippen LogP contribution in [0.1, 0.15) is 1.37 Å². The fraction of sp³-hybridized carbons (Fsp3) is 0. The molecule has 0 saturated heterocycles. The van der Waals surface area contributed by atoms with Crippen molar-refractivity contribution in [3.8, 4) is 0 Å². The average molecular weight is 135 g/mol. The molecule has 0 aliphatic rings. The molecule has 0 saturated carbocycles. The van der Waals surface area contributed by atoms with Crippen LogP contribution in [0.15, 0.2) is 24.6 Å². The molecule has 0 aromatic carbocycles. The molecule has 4 nitrogen and oxygen atoms in total. The summed E-state index contributed by atoms with van der Waals surface area (Å²) in [5, 5.41) is 3.86. The largest absolute Gasteiger partial charge is 0.394 e. The van der Waals surface area contributed by atoms with Crippen LogP contribution in [-0.2, 0) is 0 Å². The van der Waals surface area contributed by atoms with Crippen molar-refractivity contribution in [1.29, 1.82) is 0 Å². The van der Waals surface area contributed by atoms with Crippen molar-refractivity contribution in [2.75, 3.05) is 5.73 Å². The van der Waals surface area contributed by atoms with Gasteiger partial charge in [-0.05, 0) is 6.07 Å². The number of rotatable bonds is 0. The van der Waals surface area contributed by atoms with Crippen LogP contribution in [0.2, 0.25) is 0 Å². The highest BCUT2D eigenvalue weighted by Crippen LogP contribution is 2.06. The minimum atomic E-state index is 0.284. The quantitative estimate of drug-likeness (QED) is 0.565. The molecule has 0 spiro atoms. The van der Waals surface area contributed by atoms with Gasteiger partial charge in [0.15, 0.2) is 5.65 Å². The topological polar surface area (TPSA) is 56.2 Å². The van der Waals surface area contributed by atoms with E-state index in [0.717, 1.165) is 0 Å². The Hall–Kier alpha value is -1.58. The molecular formula is C6H6N4. The highest BCUT2D eigenvalue weighted by atomic mass is 15.2. The zero-order valence-corrected chi connectivity index (χ0v) is 5.15. The molecule has 0 unspecified atom stereocenters. The maximum atomic E-state index is 7.38. The predicted molar refractivity (Wildman–Crippen MR) is 37.4 cm³/mol. The second kappa shape index (κ2) is 1.70. The van der Waals surface area contributed by atoms with Crippen molar-refractivity contribution >= 4 is 11.3 Å². The van der Waals surface area contributed by atoms with Gasteiger partial charge < -0.3 is 5.73 Å². The number of nitrogen functional groups attached to an aromatic ring is 1. The third kappa shape index (κ3) is 0.556. The van der Waals surface area contributed by atoms with Gasteiger partial charge in [0.25, 0.3) is 0 Å². The standard InChI is InChI=1S/C6H6N4/c7-5-4-9-10-3-1-2-8-6(5)10/h1-4H,7H2/i3D. The fourth-order valence-corrected chi connectivity index (χ4v) is 0.790. The van der Waals surface area contributed by atoms with Gasteiger partial charge in [0.1, 0.15) is 0 Å². The molecule has 0 atom stereocenters. The van der Waals surface area contributed by atoms with E-state index in [1.165, 1.54) is 16.9 Å². The molecule has 0 fully saturated rings. The molecule has 0 bridgehead atoms. The van der Waals surface area contributed by atoms with E-state index in [2.05, 4.69) is 10.1 Å². The zero-order valence-electron chi connectivity index (χ0n) is 6.15. The molecule has 2 rings (SSSR count). The summed E-state index contributed by atoms with van der Waals surface area (Å²) in [6, 6.07) is 1.56. The maximum absolute atomic E-state index is 7.38. The van der Waals surface area contributed by atoms with Gasteiger partial charge in [-0.2, -0.15) is 5.10 Å². The lowest BCUT2D eigenvalue weighted by atomic mass is 10.5. The number of hydrogen-bond donors (Lipinski definition) is 1. The van der Waals surface area contributed by atoms with Crippen LogP contribution in [0.3, 0.4) is 0 Å². The van der Waals surface area contributed by atoms with Crippen molar-refractivity contribution in [3.05, 3.63) is 24.6 Å². The Labute approximate surface area is 58.7 Å². The molecule has 2 aromatic heterocycles. The van der Waals surface area contributed by atoms with Gasteiger partial charge in [0, 0.05) is 12.4 Å². The molecule has 2 N–H and O–H groups in total. The van der Waals surface area contributed by atoms with Gasteiger partial charge >= 0.3 is 0 Å². The van der Waals surface area contributed by atoms with E-state index < -0.39 is 0 Å². The van der Waals surface area contributed by atoms with E-state index in [9.17, 15) is 0 Å². The van der Waals surface area contributed by atoms with Crippen LogP contribution in [0.4, 0.5) is 5.69 Å². The first-order valence-corrected chi connectivity index (χ1v) is 2.84. The fourth-order valence-electron chi connectivity index (χ4n) is 0.790. The Bertz CT molecular complexity index is 394. The van der Waals surface area contributed by atoms with Gasteiger partial charge in [-0.1, -0.05) is 0 Å². The number of nitrogens with zero attached hydrogens (tertiary/aromatic N) is 3. The zero-order chi connectivity index (χ0) is 7.84. The lowest BCUT2D eigenvalue weighted by molar-refractivity contribution is 0.939. The first-order chi connectivity index (χ1) is 5.29. The molecule has 0 amide bonds. The van der Waals surface area contributed by atoms with Gasteiger partial charge in [0.05, 0.1) is 13.3 Å². The summed E-state index contributed by atoms with van der Waals surface area (Å²) in [5.41, 5.74) is 6.55. The van der Waals surface area contributed by atoms with E-state index in [4.69, 9.17) is 7.10 Å². The van der Waals surface area contributed by atoms with Crippen LogP contribution in [0, 0.1) is 0 Å². The number of anilines is 1. The molecule has 2 heterocycles. The third-order valence-electron chi connectivity index (χ3n) is 1.24.